The van der Waals surface area contributed by atoms with Gasteiger partial charge >= 0.3 is 0 Å². The van der Waals surface area contributed by atoms with Gasteiger partial charge in [-0.25, -0.2) is 0 Å². The Bertz CT molecular complexity index is 308. The molecule has 1 heterocycles. The molecule has 1 amide bonds. The van der Waals surface area contributed by atoms with Crippen molar-refractivity contribution in [3.63, 3.8) is 0 Å². The maximum atomic E-state index is 11.1. The van der Waals surface area contributed by atoms with Gasteiger partial charge in [-0.05, 0) is 27.4 Å². The lowest BCUT2D eigenvalue weighted by atomic mass is 10.4. The molecule has 4 heteroatoms. The van der Waals surface area contributed by atoms with Crippen LogP contribution in [0.1, 0.15) is 11.3 Å². The topological polar surface area (TPSA) is 29.1 Å². The average Bonchev–Trinajstić information content (AvgIpc) is 2.48. The van der Waals surface area contributed by atoms with Gasteiger partial charge in [-0.1, -0.05) is 6.08 Å². The summed E-state index contributed by atoms with van der Waals surface area (Å²) in [5, 5.41) is 4.78. The number of hydrogen-bond donors (Lipinski definition) is 1. The van der Waals surface area contributed by atoms with E-state index in [1.54, 1.807) is 17.4 Å². The number of amides is 1. The summed E-state index contributed by atoms with van der Waals surface area (Å²) >= 11 is 5.02. The Kier molecular flexibility index (Phi) is 4.18. The number of thiophene rings is 1. The molecular formula is C9H10BrNOS. The minimum absolute atomic E-state index is 0.00954. The van der Waals surface area contributed by atoms with Crippen molar-refractivity contribution < 1.29 is 4.79 Å². The van der Waals surface area contributed by atoms with Gasteiger partial charge in [-0.2, -0.15) is 0 Å². The molecule has 1 rings (SSSR count). The first-order valence-electron chi connectivity index (χ1n) is 3.83. The van der Waals surface area contributed by atoms with Crippen molar-refractivity contribution in [2.45, 2.75) is 13.0 Å². The number of hydrogen-bond acceptors (Lipinski definition) is 2. The average molecular weight is 260 g/mol. The quantitative estimate of drug-likeness (QED) is 0.828. The molecule has 0 aliphatic carbocycles. The number of carbonyl (C=O) groups is 1. The standard InChI is InChI=1S/C9H10BrNOS/c1-2-3-9(12)11-6-8-7(10)4-5-13-8/h2,4-5H,1,3,6H2,(H,11,12). The van der Waals surface area contributed by atoms with Crippen molar-refractivity contribution in [3.05, 3.63) is 33.5 Å². The Balaban J connectivity index is 2.39. The van der Waals surface area contributed by atoms with Crippen LogP contribution in [0.25, 0.3) is 0 Å². The van der Waals surface area contributed by atoms with E-state index in [4.69, 9.17) is 0 Å². The normalized spacial score (nSPS) is 9.62. The van der Waals surface area contributed by atoms with E-state index in [2.05, 4.69) is 27.8 Å². The molecule has 0 bridgehead atoms. The molecule has 1 aromatic heterocycles. The Morgan fingerprint density at radius 2 is 2.54 bits per heavy atom. The first-order valence-corrected chi connectivity index (χ1v) is 5.50. The van der Waals surface area contributed by atoms with Crippen molar-refractivity contribution in [2.75, 3.05) is 0 Å². The summed E-state index contributed by atoms with van der Waals surface area (Å²) in [6.07, 6.45) is 1.97. The molecule has 13 heavy (non-hydrogen) atoms. The zero-order valence-electron chi connectivity index (χ0n) is 7.05. The summed E-state index contributed by atoms with van der Waals surface area (Å²) in [7, 11) is 0. The molecular weight excluding hydrogens is 250 g/mol. The van der Waals surface area contributed by atoms with Crippen molar-refractivity contribution in [1.82, 2.24) is 5.32 Å². The second-order valence-electron chi connectivity index (χ2n) is 2.46. The van der Waals surface area contributed by atoms with Gasteiger partial charge < -0.3 is 5.32 Å². The van der Waals surface area contributed by atoms with Crippen molar-refractivity contribution in [1.29, 1.82) is 0 Å². The van der Waals surface area contributed by atoms with Crippen LogP contribution in [0.15, 0.2) is 28.6 Å². The lowest BCUT2D eigenvalue weighted by Crippen LogP contribution is -2.21. The predicted molar refractivity (Wildman–Crippen MR) is 58.7 cm³/mol. The van der Waals surface area contributed by atoms with Crippen LogP contribution in [-0.2, 0) is 11.3 Å². The zero-order chi connectivity index (χ0) is 9.68. The monoisotopic (exact) mass is 259 g/mol. The Morgan fingerprint density at radius 3 is 3.08 bits per heavy atom. The minimum atomic E-state index is 0.00954. The molecule has 1 aromatic rings. The highest BCUT2D eigenvalue weighted by atomic mass is 79.9. The summed E-state index contributed by atoms with van der Waals surface area (Å²) in [4.78, 5) is 12.2. The fourth-order valence-corrected chi connectivity index (χ4v) is 2.27. The third-order valence-electron chi connectivity index (χ3n) is 1.47. The summed E-state index contributed by atoms with van der Waals surface area (Å²) in [6.45, 7) is 4.08. The van der Waals surface area contributed by atoms with Crippen molar-refractivity contribution >= 4 is 33.2 Å². The molecule has 0 unspecified atom stereocenters. The predicted octanol–water partition coefficient (Wildman–Crippen LogP) is 2.70. The lowest BCUT2D eigenvalue weighted by molar-refractivity contribution is -0.120. The Labute approximate surface area is 89.8 Å². The van der Waals surface area contributed by atoms with E-state index in [1.165, 1.54) is 0 Å². The molecule has 0 saturated carbocycles. The smallest absolute Gasteiger partial charge is 0.224 e. The van der Waals surface area contributed by atoms with E-state index in [0.29, 0.717) is 13.0 Å². The van der Waals surface area contributed by atoms with Crippen LogP contribution in [0.3, 0.4) is 0 Å². The van der Waals surface area contributed by atoms with E-state index >= 15 is 0 Å². The van der Waals surface area contributed by atoms with Gasteiger partial charge in [0.25, 0.3) is 0 Å². The largest absolute Gasteiger partial charge is 0.351 e. The minimum Gasteiger partial charge on any atom is -0.351 e. The van der Waals surface area contributed by atoms with Gasteiger partial charge in [-0.3, -0.25) is 4.79 Å². The van der Waals surface area contributed by atoms with E-state index in [0.717, 1.165) is 9.35 Å². The van der Waals surface area contributed by atoms with Gasteiger partial charge in [0.1, 0.15) is 0 Å². The highest BCUT2D eigenvalue weighted by molar-refractivity contribution is 9.10. The Morgan fingerprint density at radius 1 is 1.77 bits per heavy atom. The fraction of sp³-hybridized carbons (Fsp3) is 0.222. The molecule has 0 saturated heterocycles. The fourth-order valence-electron chi connectivity index (χ4n) is 0.833. The van der Waals surface area contributed by atoms with E-state index in [-0.39, 0.29) is 5.91 Å². The van der Waals surface area contributed by atoms with Gasteiger partial charge in [-0.15, -0.1) is 17.9 Å². The zero-order valence-corrected chi connectivity index (χ0v) is 9.45. The highest BCUT2D eigenvalue weighted by Crippen LogP contribution is 2.21. The molecule has 0 radical (unpaired) electrons. The molecule has 0 aromatic carbocycles. The summed E-state index contributed by atoms with van der Waals surface area (Å²) < 4.78 is 1.05. The van der Waals surface area contributed by atoms with Crippen LogP contribution >= 0.6 is 27.3 Å². The van der Waals surface area contributed by atoms with E-state index in [9.17, 15) is 4.79 Å². The summed E-state index contributed by atoms with van der Waals surface area (Å²) in [5.41, 5.74) is 0. The molecule has 0 aliphatic heterocycles. The molecule has 1 N–H and O–H groups in total. The number of rotatable bonds is 4. The van der Waals surface area contributed by atoms with Crippen LogP contribution in [-0.4, -0.2) is 5.91 Å². The van der Waals surface area contributed by atoms with Crippen molar-refractivity contribution in [2.24, 2.45) is 0 Å². The van der Waals surface area contributed by atoms with Gasteiger partial charge in [0.05, 0.1) is 6.54 Å². The van der Waals surface area contributed by atoms with E-state index in [1.807, 2.05) is 11.4 Å². The number of halogens is 1. The van der Waals surface area contributed by atoms with Crippen LogP contribution in [0.4, 0.5) is 0 Å². The van der Waals surface area contributed by atoms with Gasteiger partial charge in [0.15, 0.2) is 0 Å². The van der Waals surface area contributed by atoms with Gasteiger partial charge in [0.2, 0.25) is 5.91 Å². The molecule has 70 valence electrons. The number of nitrogens with one attached hydrogen (secondary N) is 1. The Hall–Kier alpha value is -0.610. The van der Waals surface area contributed by atoms with E-state index < -0.39 is 0 Å². The SMILES string of the molecule is C=CCC(=O)NCc1sccc1Br. The second kappa shape index (κ2) is 5.19. The van der Waals surface area contributed by atoms with Crippen LogP contribution < -0.4 is 5.32 Å². The summed E-state index contributed by atoms with van der Waals surface area (Å²) in [5.74, 6) is 0.00954. The molecule has 0 aliphatic rings. The summed E-state index contributed by atoms with van der Waals surface area (Å²) in [6, 6.07) is 1.97. The third-order valence-corrected chi connectivity index (χ3v) is 3.39. The first kappa shape index (κ1) is 10.5. The second-order valence-corrected chi connectivity index (χ2v) is 4.32. The molecule has 0 spiro atoms. The molecule has 2 nitrogen and oxygen atoms in total. The van der Waals surface area contributed by atoms with Crippen LogP contribution in [0, 0.1) is 0 Å². The highest BCUT2D eigenvalue weighted by Gasteiger charge is 2.02. The number of carbonyl (C=O) groups excluding carboxylic acids is 1. The third kappa shape index (κ3) is 3.32. The molecule has 0 fully saturated rings. The van der Waals surface area contributed by atoms with Crippen LogP contribution in [0.5, 0.6) is 0 Å². The molecule has 0 atom stereocenters. The van der Waals surface area contributed by atoms with Crippen LogP contribution in [0.2, 0.25) is 0 Å². The lowest BCUT2D eigenvalue weighted by Gasteiger charge is -2.01. The first-order chi connectivity index (χ1) is 6.24. The van der Waals surface area contributed by atoms with Crippen molar-refractivity contribution in [3.8, 4) is 0 Å². The van der Waals surface area contributed by atoms with Gasteiger partial charge in [0, 0.05) is 15.8 Å². The maximum Gasteiger partial charge on any atom is 0.224 e. The maximum absolute atomic E-state index is 11.1.